The minimum absolute atomic E-state index is 0.246. The Kier molecular flexibility index (Phi) is 52.7. The van der Waals surface area contributed by atoms with Crippen molar-refractivity contribution in [1.29, 1.82) is 0 Å². The smallest absolute Gasteiger partial charge is 0.245 e. The number of amides is 1. The van der Waals surface area contributed by atoms with Crippen molar-refractivity contribution < 1.29 is 76.6 Å². The van der Waals surface area contributed by atoms with Gasteiger partial charge in [-0.15, -0.1) is 0 Å². The highest BCUT2D eigenvalue weighted by molar-refractivity contribution is 5.89. The van der Waals surface area contributed by atoms with Crippen molar-refractivity contribution in [3.63, 3.8) is 0 Å². The Bertz CT molecular complexity index is 950. The van der Waals surface area contributed by atoms with Crippen LogP contribution >= 0.6 is 0 Å². The Morgan fingerprint density at radius 3 is 1.25 bits per heavy atom. The summed E-state index contributed by atoms with van der Waals surface area (Å²) in [6, 6.07) is 0. The highest BCUT2D eigenvalue weighted by Gasteiger charge is 2.19. The predicted molar refractivity (Wildman–Crippen MR) is 218 cm³/mol. The third-order valence-electron chi connectivity index (χ3n) is 6.02. The highest BCUT2D eigenvalue weighted by atomic mass is 16.6. The van der Waals surface area contributed by atoms with Gasteiger partial charge in [0.05, 0.1) is 118 Å². The predicted octanol–water partition coefficient (Wildman–Crippen LogP) is 0.266. The van der Waals surface area contributed by atoms with Crippen molar-refractivity contribution in [3.05, 3.63) is 76.7 Å². The zero-order valence-electron chi connectivity index (χ0n) is 34.7. The second kappa shape index (κ2) is 52.2. The first-order valence-corrected chi connectivity index (χ1v) is 18.6. The number of carbonyl (C=O) groups excluding carboxylic acids is 2. The SMILES string of the molecule is C=CC(=O)CC(O)C(O)NC(=O)C=C.C=COCNCOCCOCC.C=COCNCOCCOCC(COCCOCNCOC=C)OCCOCNCOC=C. The van der Waals surface area contributed by atoms with E-state index in [4.69, 9.17) is 61.9 Å². The van der Waals surface area contributed by atoms with Gasteiger partial charge >= 0.3 is 0 Å². The lowest BCUT2D eigenvalue weighted by atomic mass is 10.1. The van der Waals surface area contributed by atoms with Crippen LogP contribution in [0, 0.1) is 0 Å². The Balaban J connectivity index is -0.000000982. The minimum atomic E-state index is -1.48. The van der Waals surface area contributed by atoms with Crippen LogP contribution in [0.5, 0.6) is 0 Å². The van der Waals surface area contributed by atoms with E-state index >= 15 is 0 Å². The van der Waals surface area contributed by atoms with Gasteiger partial charge in [-0.2, -0.15) is 0 Å². The maximum atomic E-state index is 10.8. The Morgan fingerprint density at radius 2 is 0.898 bits per heavy atom. The molecule has 0 heterocycles. The summed E-state index contributed by atoms with van der Waals surface area (Å²) in [5.41, 5.74) is 0. The first kappa shape index (κ1) is 59.5. The zero-order valence-corrected chi connectivity index (χ0v) is 34.7. The molecule has 0 aromatic carbocycles. The fourth-order valence-corrected chi connectivity index (χ4v) is 3.26. The number of hydrogen-bond donors (Lipinski definition) is 7. The number of hydrogen-bond acceptors (Lipinski definition) is 20. The van der Waals surface area contributed by atoms with E-state index in [9.17, 15) is 14.7 Å². The van der Waals surface area contributed by atoms with Gasteiger partial charge in [0.2, 0.25) is 5.91 Å². The lowest BCUT2D eigenvalue weighted by Crippen LogP contribution is -2.43. The van der Waals surface area contributed by atoms with Gasteiger partial charge in [0, 0.05) is 13.0 Å². The monoisotopic (exact) mass is 853 g/mol. The summed E-state index contributed by atoms with van der Waals surface area (Å²) in [4.78, 5) is 21.4. The zero-order chi connectivity index (χ0) is 44.3. The Labute approximate surface area is 349 Å². The van der Waals surface area contributed by atoms with E-state index in [0.717, 1.165) is 18.8 Å². The highest BCUT2D eigenvalue weighted by Crippen LogP contribution is 1.99. The van der Waals surface area contributed by atoms with Gasteiger partial charge in [0.15, 0.2) is 12.0 Å². The van der Waals surface area contributed by atoms with Crippen LogP contribution in [-0.4, -0.2) is 167 Å². The summed E-state index contributed by atoms with van der Waals surface area (Å²) in [7, 11) is 0. The average Bonchev–Trinajstić information content (AvgIpc) is 3.24. The molecule has 0 fully saturated rings. The van der Waals surface area contributed by atoms with Crippen molar-refractivity contribution in [2.24, 2.45) is 0 Å². The fraction of sp³-hybridized carbons (Fsp3) is 0.632. The molecule has 2 unspecified atom stereocenters. The largest absolute Gasteiger partial charge is 0.487 e. The van der Waals surface area contributed by atoms with Gasteiger partial charge in [0.25, 0.3) is 0 Å². The van der Waals surface area contributed by atoms with Crippen LogP contribution in [-0.2, 0) is 66.4 Å². The second-order valence-electron chi connectivity index (χ2n) is 10.6. The van der Waals surface area contributed by atoms with Gasteiger partial charge in [-0.25, -0.2) is 0 Å². The lowest BCUT2D eigenvalue weighted by Gasteiger charge is -2.18. The van der Waals surface area contributed by atoms with Crippen LogP contribution in [0.4, 0.5) is 0 Å². The first-order valence-electron chi connectivity index (χ1n) is 18.6. The van der Waals surface area contributed by atoms with Gasteiger partial charge in [-0.1, -0.05) is 39.5 Å². The molecule has 59 heavy (non-hydrogen) atoms. The quantitative estimate of drug-likeness (QED) is 0.0188. The van der Waals surface area contributed by atoms with E-state index in [1.807, 2.05) is 12.2 Å². The van der Waals surface area contributed by atoms with E-state index in [0.29, 0.717) is 120 Å². The van der Waals surface area contributed by atoms with Crippen LogP contribution in [0.25, 0.3) is 0 Å². The lowest BCUT2D eigenvalue weighted by molar-refractivity contribution is -0.125. The van der Waals surface area contributed by atoms with Crippen LogP contribution in [0.15, 0.2) is 76.7 Å². The number of rotatable bonds is 44. The average molecular weight is 854 g/mol. The van der Waals surface area contributed by atoms with E-state index in [2.05, 4.69) is 60.7 Å². The minimum Gasteiger partial charge on any atom is -0.487 e. The van der Waals surface area contributed by atoms with E-state index in [1.165, 1.54) is 25.0 Å². The number of aliphatic hydroxyl groups is 2. The summed E-state index contributed by atoms with van der Waals surface area (Å²) >= 11 is 0. The van der Waals surface area contributed by atoms with E-state index < -0.39 is 24.0 Å². The van der Waals surface area contributed by atoms with E-state index in [1.54, 1.807) is 0 Å². The molecule has 2 atom stereocenters. The molecule has 0 spiro atoms. The third kappa shape index (κ3) is 52.2. The van der Waals surface area contributed by atoms with Crippen molar-refractivity contribution in [2.45, 2.75) is 31.8 Å². The number of nitrogens with one attached hydrogen (secondary N) is 5. The van der Waals surface area contributed by atoms with Crippen molar-refractivity contribution in [2.75, 3.05) is 127 Å². The molecule has 0 saturated carbocycles. The van der Waals surface area contributed by atoms with Gasteiger partial charge < -0.3 is 72.4 Å². The second-order valence-corrected chi connectivity index (χ2v) is 10.6. The number of carbonyl (C=O) groups is 2. The molecular formula is C38H71N5O16. The number of aliphatic hydroxyl groups excluding tert-OH is 2. The Hall–Kier alpha value is -3.78. The molecule has 0 aliphatic heterocycles. The van der Waals surface area contributed by atoms with Crippen LogP contribution in [0.2, 0.25) is 0 Å². The first-order chi connectivity index (χ1) is 28.8. The fourth-order valence-electron chi connectivity index (χ4n) is 3.26. The normalized spacial score (nSPS) is 11.3. The van der Waals surface area contributed by atoms with Crippen LogP contribution < -0.4 is 26.6 Å². The van der Waals surface area contributed by atoms with Gasteiger partial charge in [-0.05, 0) is 19.1 Å². The molecule has 21 nitrogen and oxygen atoms in total. The maximum Gasteiger partial charge on any atom is 0.245 e. The Morgan fingerprint density at radius 1 is 0.525 bits per heavy atom. The molecule has 0 aliphatic carbocycles. The van der Waals surface area contributed by atoms with Crippen LogP contribution in [0.1, 0.15) is 13.3 Å². The van der Waals surface area contributed by atoms with Crippen molar-refractivity contribution in [3.8, 4) is 0 Å². The third-order valence-corrected chi connectivity index (χ3v) is 6.02. The summed E-state index contributed by atoms with van der Waals surface area (Å²) < 4.78 is 63.0. The summed E-state index contributed by atoms with van der Waals surface area (Å²) in [6.45, 7) is 30.3. The molecule has 7 N–H and O–H groups in total. The van der Waals surface area contributed by atoms with E-state index in [-0.39, 0.29) is 12.5 Å². The molecule has 0 aliphatic rings. The molecule has 0 saturated heterocycles. The molecule has 0 radical (unpaired) electrons. The summed E-state index contributed by atoms with van der Waals surface area (Å²) in [5, 5.41) is 32.0. The van der Waals surface area contributed by atoms with Gasteiger partial charge in [0.1, 0.15) is 39.1 Å². The molecule has 1 amide bonds. The summed E-state index contributed by atoms with van der Waals surface area (Å²) in [6.07, 6.45) is 4.08. The molecule has 0 aromatic rings. The molecule has 0 rings (SSSR count). The van der Waals surface area contributed by atoms with Crippen LogP contribution in [0.3, 0.4) is 0 Å². The number of ketones is 1. The molecular weight excluding hydrogens is 782 g/mol. The number of allylic oxidation sites excluding steroid dienone is 1. The molecule has 0 bridgehead atoms. The molecule has 0 aromatic heterocycles. The number of ether oxygens (including phenoxy) is 12. The van der Waals surface area contributed by atoms with Crippen molar-refractivity contribution in [1.82, 2.24) is 26.6 Å². The maximum absolute atomic E-state index is 10.8. The standard InChI is InChI=1S/C21H41N3O9.C9H13NO4.C8H17NO3/c1-4-25-15-22-18-30-9-7-28-13-21(33-12-11-32-20-24-17-27-6-3)14-29-8-10-31-19-23-16-26-5-2;1-3-6(11)5-7(12)9(14)10-8(13)4-2;1-3-10-5-6-12-8-9-7-11-4-2/h4-6,21-24H,1-3,7-20H2;3-4,7,9,12,14H,1-2,5H2,(H,10,13);4,9H,2-3,5-8H2,1H3. The molecule has 21 heteroatoms. The molecule has 344 valence electrons. The van der Waals surface area contributed by atoms with Gasteiger partial charge in [-0.3, -0.25) is 30.9 Å². The topological polar surface area (TPSA) is 246 Å². The van der Waals surface area contributed by atoms with Crippen molar-refractivity contribution >= 4 is 11.7 Å². The summed E-state index contributed by atoms with van der Waals surface area (Å²) in [5.74, 6) is -1.04.